The summed E-state index contributed by atoms with van der Waals surface area (Å²) in [6.07, 6.45) is 1.55. The van der Waals surface area contributed by atoms with Crippen LogP contribution in [0.2, 0.25) is 0 Å². The van der Waals surface area contributed by atoms with Crippen LogP contribution in [0.15, 0.2) is 77.8 Å². The molecule has 2 N–H and O–H groups in total. The molecule has 2 aromatic carbocycles. The average molecular weight is 427 g/mol. The van der Waals surface area contributed by atoms with E-state index in [1.54, 1.807) is 61.8 Å². The Morgan fingerprint density at radius 2 is 1.80 bits per heavy atom. The van der Waals surface area contributed by atoms with Crippen molar-refractivity contribution in [3.63, 3.8) is 0 Å². The number of sulfonamides is 1. The molecule has 0 aliphatic rings. The highest BCUT2D eigenvalue weighted by atomic mass is 32.2. The molecule has 0 spiro atoms. The van der Waals surface area contributed by atoms with Gasteiger partial charge in [0.15, 0.2) is 0 Å². The van der Waals surface area contributed by atoms with Crippen LogP contribution >= 0.6 is 0 Å². The maximum Gasteiger partial charge on any atom is 0.261 e. The molecule has 1 heterocycles. The number of pyridine rings is 1. The molecule has 9 heteroatoms. The van der Waals surface area contributed by atoms with Gasteiger partial charge in [-0.3, -0.25) is 9.52 Å². The van der Waals surface area contributed by atoms with E-state index in [4.69, 9.17) is 9.47 Å². The number of aromatic nitrogens is 1. The number of carbonyl (C=O) groups is 1. The number of nitrogens with zero attached hydrogens (tertiary/aromatic N) is 1. The molecule has 0 bridgehead atoms. The van der Waals surface area contributed by atoms with Gasteiger partial charge >= 0.3 is 0 Å². The van der Waals surface area contributed by atoms with Gasteiger partial charge in [-0.25, -0.2) is 13.4 Å². The number of ether oxygens (including phenoxy) is 2. The first-order chi connectivity index (χ1) is 14.5. The minimum absolute atomic E-state index is 0.132. The van der Waals surface area contributed by atoms with Gasteiger partial charge in [0.1, 0.15) is 12.3 Å². The van der Waals surface area contributed by atoms with Crippen LogP contribution in [0.25, 0.3) is 0 Å². The first kappa shape index (κ1) is 21.3. The van der Waals surface area contributed by atoms with Gasteiger partial charge in [0.25, 0.3) is 15.9 Å². The SMILES string of the molecule is COCCOc1ncccc1NC(=O)c1cccc(NS(=O)(=O)c2ccccc2)c1. The Bertz CT molecular complexity index is 1100. The summed E-state index contributed by atoms with van der Waals surface area (Å²) in [6.45, 7) is 0.667. The molecular formula is C21H21N3O5S. The van der Waals surface area contributed by atoms with Gasteiger partial charge < -0.3 is 14.8 Å². The molecule has 0 saturated heterocycles. The third-order valence-electron chi connectivity index (χ3n) is 3.98. The van der Waals surface area contributed by atoms with Gasteiger partial charge in [0, 0.05) is 24.6 Å². The molecule has 0 aliphatic carbocycles. The van der Waals surface area contributed by atoms with Crippen molar-refractivity contribution in [1.29, 1.82) is 0 Å². The van der Waals surface area contributed by atoms with Gasteiger partial charge in [-0.15, -0.1) is 0 Å². The van der Waals surface area contributed by atoms with Crippen molar-refractivity contribution in [1.82, 2.24) is 4.98 Å². The zero-order valence-electron chi connectivity index (χ0n) is 16.2. The van der Waals surface area contributed by atoms with Crippen LogP contribution < -0.4 is 14.8 Å². The molecule has 1 amide bonds. The largest absolute Gasteiger partial charge is 0.474 e. The van der Waals surface area contributed by atoms with E-state index in [0.717, 1.165) is 0 Å². The predicted molar refractivity (Wildman–Crippen MR) is 113 cm³/mol. The monoisotopic (exact) mass is 427 g/mol. The minimum atomic E-state index is -3.76. The number of hydrogen-bond donors (Lipinski definition) is 2. The maximum atomic E-state index is 12.7. The molecule has 0 fully saturated rings. The van der Waals surface area contributed by atoms with Crippen molar-refractivity contribution in [2.75, 3.05) is 30.4 Å². The summed E-state index contributed by atoms with van der Waals surface area (Å²) in [6, 6.07) is 17.5. The highest BCUT2D eigenvalue weighted by Gasteiger charge is 2.15. The third kappa shape index (κ3) is 5.56. The van der Waals surface area contributed by atoms with Gasteiger partial charge in [-0.1, -0.05) is 24.3 Å². The Labute approximate surface area is 174 Å². The van der Waals surface area contributed by atoms with Gasteiger partial charge in [0.2, 0.25) is 5.88 Å². The Morgan fingerprint density at radius 1 is 1.00 bits per heavy atom. The fourth-order valence-electron chi connectivity index (χ4n) is 2.55. The zero-order valence-corrected chi connectivity index (χ0v) is 17.1. The van der Waals surface area contributed by atoms with E-state index in [-0.39, 0.29) is 28.6 Å². The number of benzene rings is 2. The predicted octanol–water partition coefficient (Wildman–Crippen LogP) is 3.16. The Morgan fingerprint density at radius 3 is 2.57 bits per heavy atom. The summed E-state index contributed by atoms with van der Waals surface area (Å²) in [5.74, 6) is -0.163. The van der Waals surface area contributed by atoms with Crippen LogP contribution in [0.3, 0.4) is 0 Å². The van der Waals surface area contributed by atoms with Crippen molar-refractivity contribution < 1.29 is 22.7 Å². The van der Waals surface area contributed by atoms with E-state index < -0.39 is 15.9 Å². The summed E-state index contributed by atoms with van der Waals surface area (Å²) >= 11 is 0. The number of carbonyl (C=O) groups excluding carboxylic acids is 1. The van der Waals surface area contributed by atoms with Crippen LogP contribution in [0.1, 0.15) is 10.4 Å². The first-order valence-corrected chi connectivity index (χ1v) is 10.5. The molecular weight excluding hydrogens is 406 g/mol. The average Bonchev–Trinajstić information content (AvgIpc) is 2.75. The number of nitrogens with one attached hydrogen (secondary N) is 2. The summed E-state index contributed by atoms with van der Waals surface area (Å²) in [5, 5.41) is 2.73. The lowest BCUT2D eigenvalue weighted by molar-refractivity contribution is 0.102. The van der Waals surface area contributed by atoms with E-state index in [0.29, 0.717) is 12.3 Å². The third-order valence-corrected chi connectivity index (χ3v) is 5.37. The van der Waals surface area contributed by atoms with Crippen LogP contribution in [-0.4, -0.2) is 39.6 Å². The topological polar surface area (TPSA) is 107 Å². The lowest BCUT2D eigenvalue weighted by atomic mass is 10.2. The lowest BCUT2D eigenvalue weighted by Crippen LogP contribution is -2.16. The quantitative estimate of drug-likeness (QED) is 0.508. The van der Waals surface area contributed by atoms with Crippen LogP contribution in [0.5, 0.6) is 5.88 Å². The van der Waals surface area contributed by atoms with E-state index in [1.165, 1.54) is 18.2 Å². The van der Waals surface area contributed by atoms with E-state index >= 15 is 0 Å². The number of hydrogen-bond acceptors (Lipinski definition) is 6. The number of rotatable bonds is 9. The van der Waals surface area contributed by atoms with Crippen LogP contribution in [-0.2, 0) is 14.8 Å². The van der Waals surface area contributed by atoms with Crippen LogP contribution in [0.4, 0.5) is 11.4 Å². The van der Waals surface area contributed by atoms with E-state index in [9.17, 15) is 13.2 Å². The molecule has 0 radical (unpaired) electrons. The maximum absolute atomic E-state index is 12.7. The first-order valence-electron chi connectivity index (χ1n) is 9.05. The Balaban J connectivity index is 1.74. The standard InChI is InChI=1S/C21H21N3O5S/c1-28-13-14-29-21-19(11-6-12-22-21)23-20(25)16-7-5-8-17(15-16)24-30(26,27)18-9-3-2-4-10-18/h2-12,15,24H,13-14H2,1H3,(H,23,25). The lowest BCUT2D eigenvalue weighted by Gasteiger charge is -2.12. The van der Waals surface area contributed by atoms with Gasteiger partial charge in [-0.05, 0) is 42.5 Å². The smallest absolute Gasteiger partial charge is 0.261 e. The molecule has 0 aliphatic heterocycles. The fourth-order valence-corrected chi connectivity index (χ4v) is 3.63. The normalized spacial score (nSPS) is 11.0. The van der Waals surface area contributed by atoms with Crippen molar-refractivity contribution in [2.24, 2.45) is 0 Å². The molecule has 30 heavy (non-hydrogen) atoms. The summed E-state index contributed by atoms with van der Waals surface area (Å²) in [7, 11) is -2.20. The van der Waals surface area contributed by atoms with Gasteiger partial charge in [-0.2, -0.15) is 0 Å². The summed E-state index contributed by atoms with van der Waals surface area (Å²) < 4.78 is 37.9. The van der Waals surface area contributed by atoms with Crippen LogP contribution in [0, 0.1) is 0 Å². The second-order valence-electron chi connectivity index (χ2n) is 6.15. The molecule has 8 nitrogen and oxygen atoms in total. The number of methoxy groups -OCH3 is 1. The van der Waals surface area contributed by atoms with Crippen molar-refractivity contribution in [3.8, 4) is 5.88 Å². The van der Waals surface area contributed by atoms with Crippen molar-refractivity contribution >= 4 is 27.3 Å². The van der Waals surface area contributed by atoms with Crippen molar-refractivity contribution in [3.05, 3.63) is 78.5 Å². The zero-order chi connectivity index (χ0) is 21.4. The van der Waals surface area contributed by atoms with E-state index in [2.05, 4.69) is 15.0 Å². The Kier molecular flexibility index (Phi) is 6.99. The molecule has 3 rings (SSSR count). The van der Waals surface area contributed by atoms with Crippen molar-refractivity contribution in [2.45, 2.75) is 4.90 Å². The fraction of sp³-hybridized carbons (Fsp3) is 0.143. The summed E-state index contributed by atoms with van der Waals surface area (Å²) in [5.41, 5.74) is 0.943. The molecule has 0 saturated carbocycles. The second kappa shape index (κ2) is 9.86. The molecule has 1 aromatic heterocycles. The number of anilines is 2. The highest BCUT2D eigenvalue weighted by molar-refractivity contribution is 7.92. The molecule has 156 valence electrons. The minimum Gasteiger partial charge on any atom is -0.474 e. The molecule has 0 atom stereocenters. The van der Waals surface area contributed by atoms with Gasteiger partial charge in [0.05, 0.1) is 11.5 Å². The molecule has 3 aromatic rings. The van der Waals surface area contributed by atoms with E-state index in [1.807, 2.05) is 0 Å². The summed E-state index contributed by atoms with van der Waals surface area (Å²) in [4.78, 5) is 16.9. The number of amides is 1. The molecule has 0 unspecified atom stereocenters. The second-order valence-corrected chi connectivity index (χ2v) is 7.83. The Hall–Kier alpha value is -3.43. The highest BCUT2D eigenvalue weighted by Crippen LogP contribution is 2.22.